The molecule has 1 N–H and O–H groups in total. The fourth-order valence-corrected chi connectivity index (χ4v) is 3.59. The normalized spacial score (nSPS) is 12.3. The molecule has 0 fully saturated rings. The standard InChI is InChI=1S/C16H28N2O2S/c1-6-7-11-18(5)21(19,20)16-10-8-9-15(14(16)4)12-17-13(2)3/h8-10,13,17H,6-7,11-12H2,1-5H3. The van der Waals surface area contributed by atoms with E-state index in [9.17, 15) is 8.42 Å². The molecule has 1 aromatic carbocycles. The average Bonchev–Trinajstić information content (AvgIpc) is 2.43. The first-order valence-corrected chi connectivity index (χ1v) is 9.03. The van der Waals surface area contributed by atoms with E-state index in [0.29, 0.717) is 24.0 Å². The first kappa shape index (κ1) is 18.1. The van der Waals surface area contributed by atoms with Crippen LogP contribution in [-0.2, 0) is 16.6 Å². The third-order valence-electron chi connectivity index (χ3n) is 3.61. The molecule has 1 rings (SSSR count). The van der Waals surface area contributed by atoms with Crippen LogP contribution in [-0.4, -0.2) is 32.4 Å². The molecule has 1 aromatic rings. The Morgan fingerprint density at radius 2 is 1.95 bits per heavy atom. The van der Waals surface area contributed by atoms with Crippen LogP contribution in [0, 0.1) is 6.92 Å². The first-order chi connectivity index (χ1) is 9.80. The zero-order chi connectivity index (χ0) is 16.0. The van der Waals surface area contributed by atoms with Gasteiger partial charge in [0.05, 0.1) is 4.90 Å². The Morgan fingerprint density at radius 1 is 1.29 bits per heavy atom. The number of sulfonamides is 1. The number of nitrogens with zero attached hydrogens (tertiary/aromatic N) is 1. The molecule has 0 spiro atoms. The number of rotatable bonds is 8. The third-order valence-corrected chi connectivity index (χ3v) is 5.61. The highest BCUT2D eigenvalue weighted by molar-refractivity contribution is 7.89. The van der Waals surface area contributed by atoms with Crippen molar-refractivity contribution in [2.75, 3.05) is 13.6 Å². The first-order valence-electron chi connectivity index (χ1n) is 7.59. The summed E-state index contributed by atoms with van der Waals surface area (Å²) >= 11 is 0. The summed E-state index contributed by atoms with van der Waals surface area (Å²) in [6.07, 6.45) is 1.86. The van der Waals surface area contributed by atoms with Gasteiger partial charge in [-0.1, -0.05) is 39.3 Å². The molecule has 0 aliphatic rings. The van der Waals surface area contributed by atoms with Gasteiger partial charge >= 0.3 is 0 Å². The van der Waals surface area contributed by atoms with Crippen LogP contribution < -0.4 is 5.32 Å². The van der Waals surface area contributed by atoms with Crippen molar-refractivity contribution in [3.63, 3.8) is 0 Å². The predicted octanol–water partition coefficient (Wildman–Crippen LogP) is 2.91. The van der Waals surface area contributed by atoms with Gasteiger partial charge in [0.25, 0.3) is 0 Å². The molecule has 0 saturated carbocycles. The van der Waals surface area contributed by atoms with E-state index in [2.05, 4.69) is 26.1 Å². The molecule has 0 aliphatic heterocycles. The van der Waals surface area contributed by atoms with Gasteiger partial charge in [0.2, 0.25) is 10.0 Å². The molecular formula is C16H28N2O2S. The highest BCUT2D eigenvalue weighted by atomic mass is 32.2. The van der Waals surface area contributed by atoms with E-state index in [4.69, 9.17) is 0 Å². The van der Waals surface area contributed by atoms with Crippen LogP contribution in [0.25, 0.3) is 0 Å². The quantitative estimate of drug-likeness (QED) is 0.803. The molecule has 0 saturated heterocycles. The zero-order valence-electron chi connectivity index (χ0n) is 13.8. The van der Waals surface area contributed by atoms with E-state index in [1.54, 1.807) is 13.1 Å². The van der Waals surface area contributed by atoms with Crippen molar-refractivity contribution >= 4 is 10.0 Å². The molecule has 0 aliphatic carbocycles. The second-order valence-electron chi connectivity index (χ2n) is 5.76. The Morgan fingerprint density at radius 3 is 2.52 bits per heavy atom. The lowest BCUT2D eigenvalue weighted by molar-refractivity contribution is 0.458. The Hall–Kier alpha value is -0.910. The molecule has 0 bridgehead atoms. The fraction of sp³-hybridized carbons (Fsp3) is 0.625. The fourth-order valence-electron chi connectivity index (χ4n) is 2.11. The molecule has 5 heteroatoms. The molecule has 120 valence electrons. The minimum Gasteiger partial charge on any atom is -0.310 e. The molecule has 0 atom stereocenters. The van der Waals surface area contributed by atoms with Gasteiger partial charge in [0, 0.05) is 26.2 Å². The number of benzene rings is 1. The predicted molar refractivity (Wildman–Crippen MR) is 87.9 cm³/mol. The second-order valence-corrected chi connectivity index (χ2v) is 7.77. The van der Waals surface area contributed by atoms with Gasteiger partial charge in [-0.05, 0) is 30.5 Å². The summed E-state index contributed by atoms with van der Waals surface area (Å²) in [6.45, 7) is 9.35. The third kappa shape index (κ3) is 4.80. The Balaban J connectivity index is 3.04. The van der Waals surface area contributed by atoms with Crippen molar-refractivity contribution in [2.24, 2.45) is 0 Å². The minimum atomic E-state index is -3.40. The van der Waals surface area contributed by atoms with Crippen LogP contribution in [0.1, 0.15) is 44.7 Å². The maximum atomic E-state index is 12.7. The highest BCUT2D eigenvalue weighted by Gasteiger charge is 2.23. The van der Waals surface area contributed by atoms with Crippen molar-refractivity contribution in [2.45, 2.75) is 58.0 Å². The molecule has 0 heterocycles. The van der Waals surface area contributed by atoms with Gasteiger partial charge in [0.15, 0.2) is 0 Å². The molecule has 0 amide bonds. The van der Waals surface area contributed by atoms with Crippen molar-refractivity contribution < 1.29 is 8.42 Å². The summed E-state index contributed by atoms with van der Waals surface area (Å²) < 4.78 is 26.8. The number of hydrogen-bond donors (Lipinski definition) is 1. The van der Waals surface area contributed by atoms with Crippen LogP contribution in [0.5, 0.6) is 0 Å². The van der Waals surface area contributed by atoms with Gasteiger partial charge < -0.3 is 5.32 Å². The van der Waals surface area contributed by atoms with Crippen molar-refractivity contribution in [3.05, 3.63) is 29.3 Å². The lowest BCUT2D eigenvalue weighted by Gasteiger charge is -2.20. The monoisotopic (exact) mass is 312 g/mol. The Bertz CT molecular complexity index is 553. The topological polar surface area (TPSA) is 49.4 Å². The zero-order valence-corrected chi connectivity index (χ0v) is 14.6. The van der Waals surface area contributed by atoms with Crippen molar-refractivity contribution in [1.29, 1.82) is 0 Å². The molecule has 0 aromatic heterocycles. The largest absolute Gasteiger partial charge is 0.310 e. The summed E-state index contributed by atoms with van der Waals surface area (Å²) in [4.78, 5) is 0.421. The molecule has 0 radical (unpaired) electrons. The van der Waals surface area contributed by atoms with E-state index >= 15 is 0 Å². The van der Waals surface area contributed by atoms with Crippen molar-refractivity contribution in [1.82, 2.24) is 9.62 Å². The number of nitrogens with one attached hydrogen (secondary N) is 1. The molecule has 0 unspecified atom stereocenters. The minimum absolute atomic E-state index is 0.372. The van der Waals surface area contributed by atoms with Gasteiger partial charge in [0.1, 0.15) is 0 Å². The number of unbranched alkanes of at least 4 members (excludes halogenated alkanes) is 1. The van der Waals surface area contributed by atoms with E-state index < -0.39 is 10.0 Å². The second kappa shape index (κ2) is 7.92. The van der Waals surface area contributed by atoms with E-state index in [-0.39, 0.29) is 0 Å². The van der Waals surface area contributed by atoms with Crippen LogP contribution >= 0.6 is 0 Å². The van der Waals surface area contributed by atoms with E-state index in [0.717, 1.165) is 24.0 Å². The summed E-state index contributed by atoms with van der Waals surface area (Å²) in [5, 5.41) is 3.34. The van der Waals surface area contributed by atoms with Gasteiger partial charge in [-0.3, -0.25) is 0 Å². The lowest BCUT2D eigenvalue weighted by Crippen LogP contribution is -2.29. The average molecular weight is 312 g/mol. The van der Waals surface area contributed by atoms with E-state index in [1.165, 1.54) is 4.31 Å². The van der Waals surface area contributed by atoms with Gasteiger partial charge in [-0.2, -0.15) is 0 Å². The van der Waals surface area contributed by atoms with Gasteiger partial charge in [-0.25, -0.2) is 12.7 Å². The summed E-state index contributed by atoms with van der Waals surface area (Å²) in [5.41, 5.74) is 1.88. The van der Waals surface area contributed by atoms with E-state index in [1.807, 2.05) is 19.1 Å². The molecule has 4 nitrogen and oxygen atoms in total. The summed E-state index contributed by atoms with van der Waals surface area (Å²) in [5.74, 6) is 0. The highest BCUT2D eigenvalue weighted by Crippen LogP contribution is 2.22. The Kier molecular flexibility index (Phi) is 6.84. The smallest absolute Gasteiger partial charge is 0.243 e. The van der Waals surface area contributed by atoms with Crippen LogP contribution in [0.3, 0.4) is 0 Å². The Labute approximate surface area is 129 Å². The molecular weight excluding hydrogens is 284 g/mol. The maximum Gasteiger partial charge on any atom is 0.243 e. The van der Waals surface area contributed by atoms with Crippen LogP contribution in [0.15, 0.2) is 23.1 Å². The van der Waals surface area contributed by atoms with Gasteiger partial charge in [-0.15, -0.1) is 0 Å². The number of hydrogen-bond acceptors (Lipinski definition) is 3. The van der Waals surface area contributed by atoms with Crippen LogP contribution in [0.2, 0.25) is 0 Å². The van der Waals surface area contributed by atoms with Crippen LogP contribution in [0.4, 0.5) is 0 Å². The SMILES string of the molecule is CCCCN(C)S(=O)(=O)c1cccc(CNC(C)C)c1C. The lowest BCUT2D eigenvalue weighted by atomic mass is 10.1. The maximum absolute atomic E-state index is 12.7. The molecule has 21 heavy (non-hydrogen) atoms. The summed E-state index contributed by atoms with van der Waals surface area (Å²) in [7, 11) is -1.74. The summed E-state index contributed by atoms with van der Waals surface area (Å²) in [6, 6.07) is 5.88. The van der Waals surface area contributed by atoms with Crippen molar-refractivity contribution in [3.8, 4) is 0 Å².